The van der Waals surface area contributed by atoms with Gasteiger partial charge in [-0.2, -0.15) is 0 Å². The Morgan fingerprint density at radius 2 is 2.04 bits per heavy atom. The number of hydrogen-bond donors (Lipinski definition) is 3. The predicted molar refractivity (Wildman–Crippen MR) is 95.5 cm³/mol. The number of anilines is 2. The molecule has 3 aromatic rings. The monoisotopic (exact) mass is 342 g/mol. The molecule has 25 heavy (non-hydrogen) atoms. The lowest BCUT2D eigenvalue weighted by Crippen LogP contribution is -2.23. The van der Waals surface area contributed by atoms with Crippen LogP contribution in [0.3, 0.4) is 0 Å². The maximum Gasteiger partial charge on any atom is 0.270 e. The van der Waals surface area contributed by atoms with Crippen molar-refractivity contribution in [2.45, 2.75) is 32.7 Å². The number of H-pyrrole nitrogens is 1. The molecule has 0 saturated heterocycles. The minimum atomic E-state index is -2.87. The molecule has 0 radical (unpaired) electrons. The van der Waals surface area contributed by atoms with Gasteiger partial charge in [0.2, 0.25) is 0 Å². The molecule has 0 saturated carbocycles. The van der Waals surface area contributed by atoms with Crippen LogP contribution in [0.25, 0.3) is 11.0 Å². The van der Waals surface area contributed by atoms with Crippen LogP contribution in [0.15, 0.2) is 30.5 Å². The highest BCUT2D eigenvalue weighted by Gasteiger charge is 2.27. The summed E-state index contributed by atoms with van der Waals surface area (Å²) in [7, 11) is 0. The fourth-order valence-corrected chi connectivity index (χ4v) is 3.56. The molecule has 0 spiro atoms. The van der Waals surface area contributed by atoms with Crippen LogP contribution >= 0.6 is 0 Å². The van der Waals surface area contributed by atoms with Gasteiger partial charge in [0.25, 0.3) is 5.92 Å². The maximum atomic E-state index is 13.8. The summed E-state index contributed by atoms with van der Waals surface area (Å²) < 4.78 is 27.6. The zero-order chi connectivity index (χ0) is 17.6. The van der Waals surface area contributed by atoms with E-state index in [9.17, 15) is 8.78 Å². The molecule has 2 aromatic heterocycles. The molecular weight excluding hydrogens is 322 g/mol. The Hall–Kier alpha value is -2.47. The van der Waals surface area contributed by atoms with Gasteiger partial charge in [0.15, 0.2) is 0 Å². The average Bonchev–Trinajstić information content (AvgIpc) is 2.95. The lowest BCUT2D eigenvalue weighted by Gasteiger charge is -2.18. The highest BCUT2D eigenvalue weighted by molar-refractivity contribution is 5.95. The summed E-state index contributed by atoms with van der Waals surface area (Å²) in [5, 5.41) is 7.74. The molecule has 130 valence electrons. The number of aromatic nitrogens is 2. The second-order valence-electron chi connectivity index (χ2n) is 6.58. The van der Waals surface area contributed by atoms with Crippen LogP contribution < -0.4 is 10.6 Å². The normalized spacial score (nSPS) is 14.6. The third kappa shape index (κ3) is 2.76. The van der Waals surface area contributed by atoms with Crippen LogP contribution in [-0.2, 0) is 18.9 Å². The first-order valence-electron chi connectivity index (χ1n) is 8.39. The summed E-state index contributed by atoms with van der Waals surface area (Å²) in [5.41, 5.74) is 5.39. The van der Waals surface area contributed by atoms with Crippen molar-refractivity contribution in [2.75, 3.05) is 11.9 Å². The number of aromatic amines is 1. The predicted octanol–water partition coefficient (Wildman–Crippen LogP) is 4.37. The summed E-state index contributed by atoms with van der Waals surface area (Å²) in [5.74, 6) is -2.87. The van der Waals surface area contributed by atoms with Crippen molar-refractivity contribution in [1.29, 1.82) is 0 Å². The fourth-order valence-electron chi connectivity index (χ4n) is 3.56. The van der Waals surface area contributed by atoms with Gasteiger partial charge in [-0.05, 0) is 30.2 Å². The van der Waals surface area contributed by atoms with Gasteiger partial charge < -0.3 is 15.6 Å². The molecule has 0 atom stereocenters. The van der Waals surface area contributed by atoms with Crippen molar-refractivity contribution in [2.24, 2.45) is 0 Å². The van der Waals surface area contributed by atoms with E-state index < -0.39 is 5.92 Å². The Bertz CT molecular complexity index is 940. The van der Waals surface area contributed by atoms with Crippen molar-refractivity contribution >= 4 is 22.4 Å². The number of pyridine rings is 1. The summed E-state index contributed by atoms with van der Waals surface area (Å²) in [6, 6.07) is 6.86. The first-order valence-corrected chi connectivity index (χ1v) is 8.39. The van der Waals surface area contributed by atoms with Gasteiger partial charge in [-0.1, -0.05) is 12.1 Å². The molecule has 4 rings (SSSR count). The van der Waals surface area contributed by atoms with Gasteiger partial charge >= 0.3 is 0 Å². The highest BCUT2D eigenvalue weighted by Crippen LogP contribution is 2.36. The zero-order valence-corrected chi connectivity index (χ0v) is 14.2. The van der Waals surface area contributed by atoms with E-state index in [1.165, 1.54) is 17.3 Å². The van der Waals surface area contributed by atoms with E-state index in [4.69, 9.17) is 0 Å². The Morgan fingerprint density at radius 3 is 2.84 bits per heavy atom. The molecule has 4 nitrogen and oxygen atoms in total. The van der Waals surface area contributed by atoms with Crippen molar-refractivity contribution in [1.82, 2.24) is 15.3 Å². The Labute approximate surface area is 144 Å². The maximum absolute atomic E-state index is 13.8. The van der Waals surface area contributed by atoms with Crippen LogP contribution in [0.1, 0.15) is 29.3 Å². The number of rotatable bonds is 3. The van der Waals surface area contributed by atoms with Crippen molar-refractivity contribution in [3.63, 3.8) is 0 Å². The van der Waals surface area contributed by atoms with E-state index in [2.05, 4.69) is 20.6 Å². The average molecular weight is 342 g/mol. The van der Waals surface area contributed by atoms with Gasteiger partial charge in [0.05, 0.1) is 5.69 Å². The highest BCUT2D eigenvalue weighted by atomic mass is 19.3. The van der Waals surface area contributed by atoms with Gasteiger partial charge in [-0.15, -0.1) is 0 Å². The Kier molecular flexibility index (Phi) is 3.72. The SMILES string of the molecule is Cc1c(Nc2ccnc3[nH]c4c(c23)CNCC4)cccc1C(C)(F)F. The van der Waals surface area contributed by atoms with Crippen LogP contribution in [0, 0.1) is 6.92 Å². The lowest BCUT2D eigenvalue weighted by molar-refractivity contribution is 0.0169. The fraction of sp³-hybridized carbons (Fsp3) is 0.316. The van der Waals surface area contributed by atoms with E-state index in [1.54, 1.807) is 19.2 Å². The largest absolute Gasteiger partial charge is 0.355 e. The summed E-state index contributed by atoms with van der Waals surface area (Å²) >= 11 is 0. The topological polar surface area (TPSA) is 52.7 Å². The van der Waals surface area contributed by atoms with E-state index in [-0.39, 0.29) is 5.56 Å². The van der Waals surface area contributed by atoms with Gasteiger partial charge in [0, 0.05) is 55.0 Å². The molecule has 3 heterocycles. The van der Waals surface area contributed by atoms with E-state index in [0.717, 1.165) is 43.2 Å². The summed E-state index contributed by atoms with van der Waals surface area (Å²) in [4.78, 5) is 7.81. The quantitative estimate of drug-likeness (QED) is 0.662. The number of nitrogens with zero attached hydrogens (tertiary/aromatic N) is 1. The first kappa shape index (κ1) is 16.0. The first-order chi connectivity index (χ1) is 11.9. The summed E-state index contributed by atoms with van der Waals surface area (Å²) in [6.07, 6.45) is 2.66. The number of fused-ring (bicyclic) bond motifs is 3. The molecule has 1 aliphatic heterocycles. The summed E-state index contributed by atoms with van der Waals surface area (Å²) in [6.45, 7) is 4.37. The van der Waals surface area contributed by atoms with Crippen LogP contribution in [0.4, 0.5) is 20.2 Å². The van der Waals surface area contributed by atoms with E-state index in [0.29, 0.717) is 11.3 Å². The van der Waals surface area contributed by atoms with Crippen molar-refractivity contribution in [3.8, 4) is 0 Å². The zero-order valence-electron chi connectivity index (χ0n) is 14.2. The van der Waals surface area contributed by atoms with Crippen LogP contribution in [-0.4, -0.2) is 16.5 Å². The Balaban J connectivity index is 1.81. The van der Waals surface area contributed by atoms with Crippen molar-refractivity contribution in [3.05, 3.63) is 52.8 Å². The molecular formula is C19H20F2N4. The molecule has 0 amide bonds. The minimum Gasteiger partial charge on any atom is -0.355 e. The van der Waals surface area contributed by atoms with Crippen molar-refractivity contribution < 1.29 is 8.78 Å². The molecule has 1 aromatic carbocycles. The third-order valence-corrected chi connectivity index (χ3v) is 4.82. The second kappa shape index (κ2) is 5.81. The van der Waals surface area contributed by atoms with Crippen LogP contribution in [0.5, 0.6) is 0 Å². The van der Waals surface area contributed by atoms with Gasteiger partial charge in [-0.25, -0.2) is 13.8 Å². The van der Waals surface area contributed by atoms with E-state index in [1.807, 2.05) is 12.1 Å². The molecule has 0 unspecified atom stereocenters. The molecule has 3 N–H and O–H groups in total. The van der Waals surface area contributed by atoms with Gasteiger partial charge in [0.1, 0.15) is 5.65 Å². The minimum absolute atomic E-state index is 0.0422. The number of hydrogen-bond acceptors (Lipinski definition) is 3. The molecule has 1 aliphatic rings. The number of halogens is 2. The second-order valence-corrected chi connectivity index (χ2v) is 6.58. The molecule has 6 heteroatoms. The molecule has 0 fully saturated rings. The standard InChI is InChI=1S/C19H20F2N4/c1-11-13(19(2,20)21)4-3-5-14(11)24-16-7-9-23-18-17(16)12-10-22-8-6-15(12)25-18/h3-5,7,9,22H,6,8,10H2,1-2H3,(H2,23,24,25). The Morgan fingerprint density at radius 1 is 1.20 bits per heavy atom. The number of nitrogens with one attached hydrogen (secondary N) is 3. The number of benzene rings is 1. The van der Waals surface area contributed by atoms with E-state index >= 15 is 0 Å². The van der Waals surface area contributed by atoms with Crippen LogP contribution in [0.2, 0.25) is 0 Å². The lowest BCUT2D eigenvalue weighted by atomic mass is 10.0. The van der Waals surface area contributed by atoms with Gasteiger partial charge in [-0.3, -0.25) is 0 Å². The molecule has 0 bridgehead atoms. The third-order valence-electron chi connectivity index (χ3n) is 4.82. The molecule has 0 aliphatic carbocycles. The number of alkyl halides is 2. The smallest absolute Gasteiger partial charge is 0.270 e.